The van der Waals surface area contributed by atoms with Crippen molar-refractivity contribution in [2.45, 2.75) is 6.54 Å². The Hall–Kier alpha value is -1.95. The molecule has 3 N–H and O–H groups in total. The maximum absolute atomic E-state index is 14.3. The number of amidine groups is 1. The van der Waals surface area contributed by atoms with Crippen LogP contribution in [0, 0.1) is 17.0 Å². The van der Waals surface area contributed by atoms with Crippen LogP contribution in [0.3, 0.4) is 0 Å². The molecule has 0 saturated carbocycles. The number of rotatable bonds is 4. The summed E-state index contributed by atoms with van der Waals surface area (Å²) >= 11 is 3.10. The molecule has 0 bridgehead atoms. The van der Waals surface area contributed by atoms with Crippen LogP contribution in [0.5, 0.6) is 0 Å². The summed E-state index contributed by atoms with van der Waals surface area (Å²) in [6, 6.07) is 9.45. The van der Waals surface area contributed by atoms with Gasteiger partial charge in [-0.1, -0.05) is 18.2 Å². The molecule has 0 unspecified atom stereocenters. The molecule has 21 heavy (non-hydrogen) atoms. The zero-order chi connectivity index (χ0) is 15.6. The smallest absolute Gasteiger partial charge is 0.161 e. The maximum Gasteiger partial charge on any atom is 0.161 e. The minimum Gasteiger partial charge on any atom is -0.384 e. The van der Waals surface area contributed by atoms with Gasteiger partial charge in [0.1, 0.15) is 11.7 Å². The SMILES string of the molecule is CN(Cc1ccccc1F)c1ccc(C(=N)N)c(Br)c1F. The molecule has 0 saturated heterocycles. The van der Waals surface area contributed by atoms with Crippen molar-refractivity contribution < 1.29 is 8.78 Å². The average molecular weight is 354 g/mol. The molecule has 0 atom stereocenters. The molecule has 0 radical (unpaired) electrons. The van der Waals surface area contributed by atoms with Gasteiger partial charge in [-0.3, -0.25) is 5.41 Å². The van der Waals surface area contributed by atoms with E-state index in [9.17, 15) is 8.78 Å². The van der Waals surface area contributed by atoms with E-state index in [4.69, 9.17) is 11.1 Å². The fourth-order valence-corrected chi connectivity index (χ4v) is 2.56. The fourth-order valence-electron chi connectivity index (χ4n) is 2.01. The molecule has 0 aromatic heterocycles. The molecule has 2 aromatic carbocycles. The van der Waals surface area contributed by atoms with Crippen molar-refractivity contribution >= 4 is 27.5 Å². The van der Waals surface area contributed by atoms with Crippen molar-refractivity contribution in [3.05, 3.63) is 63.6 Å². The van der Waals surface area contributed by atoms with Crippen LogP contribution in [-0.2, 0) is 6.54 Å². The van der Waals surface area contributed by atoms with E-state index in [1.54, 1.807) is 36.2 Å². The molecular formula is C15H14BrF2N3. The summed E-state index contributed by atoms with van der Waals surface area (Å²) in [6.45, 7) is 0.232. The molecule has 0 heterocycles. The van der Waals surface area contributed by atoms with Gasteiger partial charge in [-0.05, 0) is 34.1 Å². The second kappa shape index (κ2) is 6.22. The second-order valence-electron chi connectivity index (χ2n) is 4.62. The van der Waals surface area contributed by atoms with Crippen LogP contribution in [0.15, 0.2) is 40.9 Å². The summed E-state index contributed by atoms with van der Waals surface area (Å²) < 4.78 is 28.1. The van der Waals surface area contributed by atoms with Gasteiger partial charge >= 0.3 is 0 Å². The Balaban J connectivity index is 2.32. The number of nitrogen functional groups attached to an aromatic ring is 1. The van der Waals surface area contributed by atoms with E-state index in [0.717, 1.165) is 0 Å². The third kappa shape index (κ3) is 3.21. The predicted molar refractivity (Wildman–Crippen MR) is 83.6 cm³/mol. The average Bonchev–Trinajstić information content (AvgIpc) is 2.43. The number of hydrogen-bond acceptors (Lipinski definition) is 2. The molecule has 0 aliphatic heterocycles. The molecule has 0 spiro atoms. The Morgan fingerprint density at radius 2 is 1.90 bits per heavy atom. The summed E-state index contributed by atoms with van der Waals surface area (Å²) in [7, 11) is 1.67. The third-order valence-corrected chi connectivity index (χ3v) is 3.90. The predicted octanol–water partition coefficient (Wildman–Crippen LogP) is 3.65. The van der Waals surface area contributed by atoms with E-state index >= 15 is 0 Å². The summed E-state index contributed by atoms with van der Waals surface area (Å²) in [5.41, 5.74) is 6.44. The van der Waals surface area contributed by atoms with Gasteiger partial charge in [-0.25, -0.2) is 8.78 Å². The number of benzene rings is 2. The van der Waals surface area contributed by atoms with Crippen LogP contribution in [0.25, 0.3) is 0 Å². The highest BCUT2D eigenvalue weighted by molar-refractivity contribution is 9.10. The molecule has 0 amide bonds. The Labute approximate surface area is 130 Å². The summed E-state index contributed by atoms with van der Waals surface area (Å²) in [4.78, 5) is 1.60. The molecule has 2 rings (SSSR count). The van der Waals surface area contributed by atoms with Gasteiger partial charge in [0, 0.05) is 24.7 Å². The lowest BCUT2D eigenvalue weighted by molar-refractivity contribution is 0.599. The van der Waals surface area contributed by atoms with Crippen molar-refractivity contribution in [2.75, 3.05) is 11.9 Å². The van der Waals surface area contributed by atoms with Crippen LogP contribution >= 0.6 is 15.9 Å². The minimum atomic E-state index is -0.526. The van der Waals surface area contributed by atoms with E-state index in [1.807, 2.05) is 0 Å². The number of nitrogens with two attached hydrogens (primary N) is 1. The molecule has 0 fully saturated rings. The van der Waals surface area contributed by atoms with Crippen LogP contribution in [0.2, 0.25) is 0 Å². The van der Waals surface area contributed by atoms with Crippen molar-refractivity contribution in [1.82, 2.24) is 0 Å². The first-order chi connectivity index (χ1) is 9.91. The van der Waals surface area contributed by atoms with E-state index in [-0.39, 0.29) is 28.2 Å². The van der Waals surface area contributed by atoms with Crippen LogP contribution < -0.4 is 10.6 Å². The normalized spacial score (nSPS) is 10.5. The van der Waals surface area contributed by atoms with Crippen LogP contribution in [0.4, 0.5) is 14.5 Å². The minimum absolute atomic E-state index is 0.132. The highest BCUT2D eigenvalue weighted by Crippen LogP contribution is 2.29. The van der Waals surface area contributed by atoms with Gasteiger partial charge in [-0.15, -0.1) is 0 Å². The largest absolute Gasteiger partial charge is 0.384 e. The van der Waals surface area contributed by atoms with E-state index in [2.05, 4.69) is 15.9 Å². The zero-order valence-corrected chi connectivity index (χ0v) is 12.9. The Morgan fingerprint density at radius 3 is 2.52 bits per heavy atom. The molecule has 3 nitrogen and oxygen atoms in total. The van der Waals surface area contributed by atoms with Gasteiger partial charge < -0.3 is 10.6 Å². The van der Waals surface area contributed by atoms with Gasteiger partial charge in [0.05, 0.1) is 10.2 Å². The number of halogens is 3. The molecular weight excluding hydrogens is 340 g/mol. The third-order valence-electron chi connectivity index (χ3n) is 3.13. The molecule has 110 valence electrons. The van der Waals surface area contributed by atoms with Crippen LogP contribution in [0.1, 0.15) is 11.1 Å². The Morgan fingerprint density at radius 1 is 1.24 bits per heavy atom. The fraction of sp³-hybridized carbons (Fsp3) is 0.133. The quantitative estimate of drug-likeness (QED) is 0.651. The zero-order valence-electron chi connectivity index (χ0n) is 11.3. The molecule has 0 aliphatic rings. The second-order valence-corrected chi connectivity index (χ2v) is 5.41. The monoisotopic (exact) mass is 353 g/mol. The maximum atomic E-state index is 14.3. The molecule has 2 aromatic rings. The lowest BCUT2D eigenvalue weighted by Crippen LogP contribution is -2.20. The topological polar surface area (TPSA) is 53.1 Å². The Bertz CT molecular complexity index is 689. The first-order valence-corrected chi connectivity index (χ1v) is 6.98. The number of anilines is 1. The van der Waals surface area contributed by atoms with E-state index in [0.29, 0.717) is 11.3 Å². The number of hydrogen-bond donors (Lipinski definition) is 2. The van der Waals surface area contributed by atoms with Gasteiger partial charge in [-0.2, -0.15) is 0 Å². The van der Waals surface area contributed by atoms with Crippen molar-refractivity contribution in [3.8, 4) is 0 Å². The highest BCUT2D eigenvalue weighted by atomic mass is 79.9. The van der Waals surface area contributed by atoms with Gasteiger partial charge in [0.25, 0.3) is 0 Å². The van der Waals surface area contributed by atoms with Gasteiger partial charge in [0.15, 0.2) is 5.82 Å². The van der Waals surface area contributed by atoms with Crippen molar-refractivity contribution in [3.63, 3.8) is 0 Å². The van der Waals surface area contributed by atoms with Gasteiger partial charge in [0.2, 0.25) is 0 Å². The molecule has 0 aliphatic carbocycles. The highest BCUT2D eigenvalue weighted by Gasteiger charge is 2.16. The summed E-state index contributed by atoms with van der Waals surface area (Å²) in [6.07, 6.45) is 0. The van der Waals surface area contributed by atoms with E-state index < -0.39 is 5.82 Å². The first-order valence-electron chi connectivity index (χ1n) is 6.18. The Kier molecular flexibility index (Phi) is 4.57. The standard InChI is InChI=1S/C15H14BrF2N3/c1-21(8-9-4-2-3-5-11(9)17)12-7-6-10(15(19)20)13(16)14(12)18/h2-7H,8H2,1H3,(H3,19,20). The van der Waals surface area contributed by atoms with E-state index in [1.165, 1.54) is 12.1 Å². The molecule has 6 heteroatoms. The summed E-state index contributed by atoms with van der Waals surface area (Å²) in [5, 5.41) is 7.38. The lowest BCUT2D eigenvalue weighted by atomic mass is 10.1. The van der Waals surface area contributed by atoms with Crippen molar-refractivity contribution in [1.29, 1.82) is 5.41 Å². The van der Waals surface area contributed by atoms with Crippen LogP contribution in [-0.4, -0.2) is 12.9 Å². The summed E-state index contributed by atoms with van der Waals surface area (Å²) in [5.74, 6) is -1.07. The first kappa shape index (κ1) is 15.4. The number of nitrogens with one attached hydrogen (secondary N) is 1. The lowest BCUT2D eigenvalue weighted by Gasteiger charge is -2.21. The van der Waals surface area contributed by atoms with Crippen molar-refractivity contribution in [2.24, 2.45) is 5.73 Å². The number of nitrogens with zero attached hydrogens (tertiary/aromatic N) is 1.